The van der Waals surface area contributed by atoms with Crippen molar-refractivity contribution in [1.29, 1.82) is 0 Å². The molecule has 0 radical (unpaired) electrons. The Bertz CT molecular complexity index is 671. The van der Waals surface area contributed by atoms with E-state index in [2.05, 4.69) is 21.4 Å². The Kier molecular flexibility index (Phi) is 2.94. The van der Waals surface area contributed by atoms with Gasteiger partial charge in [0.15, 0.2) is 0 Å². The molecule has 0 fully saturated rings. The molecule has 3 aromatic rings. The average molecular weight is 275 g/mol. The number of hydrogen-bond donors (Lipinski definition) is 1. The molecule has 0 bridgehead atoms. The maximum atomic E-state index is 6.21. The van der Waals surface area contributed by atoms with Crippen molar-refractivity contribution >= 4 is 22.9 Å². The van der Waals surface area contributed by atoms with Gasteiger partial charge >= 0.3 is 0 Å². The largest absolute Gasteiger partial charge is 0.342 e. The lowest BCUT2D eigenvalue weighted by Crippen LogP contribution is -1.82. The lowest BCUT2D eigenvalue weighted by molar-refractivity contribution is 1.26. The fraction of sp³-hybridized carbons (Fsp3) is 0.0714. The van der Waals surface area contributed by atoms with Gasteiger partial charge in [0, 0.05) is 22.2 Å². The molecular weight excluding hydrogens is 264 g/mol. The van der Waals surface area contributed by atoms with Gasteiger partial charge in [0.25, 0.3) is 0 Å². The van der Waals surface area contributed by atoms with E-state index >= 15 is 0 Å². The van der Waals surface area contributed by atoms with Gasteiger partial charge in [0.2, 0.25) is 0 Å². The lowest BCUT2D eigenvalue weighted by Gasteiger charge is -2.00. The summed E-state index contributed by atoms with van der Waals surface area (Å²) in [5, 5.41) is 4.85. The van der Waals surface area contributed by atoms with Gasteiger partial charge in [-0.3, -0.25) is 0 Å². The molecular formula is C14H11ClN2S. The number of thiophene rings is 1. The van der Waals surface area contributed by atoms with Crippen molar-refractivity contribution in [2.75, 3.05) is 0 Å². The molecule has 4 heteroatoms. The number of benzene rings is 1. The predicted octanol–water partition coefficient (Wildman–Crippen LogP) is 4.77. The Labute approximate surface area is 114 Å². The molecule has 0 spiro atoms. The van der Waals surface area contributed by atoms with Crippen molar-refractivity contribution in [1.82, 2.24) is 9.97 Å². The number of nitrogens with one attached hydrogen (secondary N) is 1. The molecule has 1 aromatic carbocycles. The van der Waals surface area contributed by atoms with Crippen LogP contribution >= 0.6 is 22.9 Å². The minimum Gasteiger partial charge on any atom is -0.342 e. The number of nitrogens with zero attached hydrogens (tertiary/aromatic N) is 1. The molecule has 0 amide bonds. The summed E-state index contributed by atoms with van der Waals surface area (Å²) in [5.74, 6) is 0.892. The summed E-state index contributed by atoms with van der Waals surface area (Å²) in [6, 6.07) is 9.82. The average Bonchev–Trinajstić information content (AvgIpc) is 2.99. The van der Waals surface area contributed by atoms with Crippen molar-refractivity contribution in [3.05, 3.63) is 51.8 Å². The van der Waals surface area contributed by atoms with E-state index in [1.54, 1.807) is 11.3 Å². The fourth-order valence-electron chi connectivity index (χ4n) is 1.91. The van der Waals surface area contributed by atoms with Crippen LogP contribution in [-0.4, -0.2) is 9.97 Å². The zero-order chi connectivity index (χ0) is 12.5. The second-order valence-electron chi connectivity index (χ2n) is 4.05. The normalized spacial score (nSPS) is 10.8. The molecule has 2 nitrogen and oxygen atoms in total. The maximum Gasteiger partial charge on any atom is 0.139 e. The van der Waals surface area contributed by atoms with E-state index in [-0.39, 0.29) is 0 Å². The summed E-state index contributed by atoms with van der Waals surface area (Å²) < 4.78 is 0. The van der Waals surface area contributed by atoms with Gasteiger partial charge in [-0.1, -0.05) is 29.8 Å². The first-order valence-electron chi connectivity index (χ1n) is 5.60. The van der Waals surface area contributed by atoms with Crippen LogP contribution in [0.3, 0.4) is 0 Å². The van der Waals surface area contributed by atoms with E-state index in [9.17, 15) is 0 Å². The van der Waals surface area contributed by atoms with E-state index in [1.807, 2.05) is 36.6 Å². The Balaban J connectivity index is 2.12. The van der Waals surface area contributed by atoms with Gasteiger partial charge in [0.1, 0.15) is 5.82 Å². The molecule has 0 unspecified atom stereocenters. The zero-order valence-corrected chi connectivity index (χ0v) is 11.3. The summed E-state index contributed by atoms with van der Waals surface area (Å²) in [7, 11) is 0. The van der Waals surface area contributed by atoms with Crippen molar-refractivity contribution in [2.45, 2.75) is 6.92 Å². The standard InChI is InChI=1S/C14H11ClN2S/c1-9-13(11-4-2-3-5-12(11)15)17-14(16-9)10-6-7-18-8-10/h2-8H,1H3,(H,16,17). The van der Waals surface area contributed by atoms with Crippen LogP contribution in [0.15, 0.2) is 41.1 Å². The van der Waals surface area contributed by atoms with Crippen molar-refractivity contribution in [3.8, 4) is 22.6 Å². The predicted molar refractivity (Wildman–Crippen MR) is 77.1 cm³/mol. The van der Waals surface area contributed by atoms with Gasteiger partial charge in [-0.15, -0.1) is 0 Å². The minimum atomic E-state index is 0.726. The molecule has 2 heterocycles. The van der Waals surface area contributed by atoms with Gasteiger partial charge in [-0.2, -0.15) is 11.3 Å². The Morgan fingerprint density at radius 1 is 1.22 bits per heavy atom. The highest BCUT2D eigenvalue weighted by Crippen LogP contribution is 2.31. The molecule has 2 aromatic heterocycles. The Morgan fingerprint density at radius 3 is 2.78 bits per heavy atom. The van der Waals surface area contributed by atoms with Gasteiger partial charge < -0.3 is 4.98 Å². The quantitative estimate of drug-likeness (QED) is 0.717. The molecule has 0 atom stereocenters. The molecule has 0 aliphatic carbocycles. The number of rotatable bonds is 2. The number of aromatic nitrogens is 2. The highest BCUT2D eigenvalue weighted by molar-refractivity contribution is 7.08. The number of hydrogen-bond acceptors (Lipinski definition) is 2. The van der Waals surface area contributed by atoms with Crippen LogP contribution in [0.4, 0.5) is 0 Å². The van der Waals surface area contributed by atoms with E-state index in [0.29, 0.717) is 0 Å². The fourth-order valence-corrected chi connectivity index (χ4v) is 2.78. The highest BCUT2D eigenvalue weighted by atomic mass is 35.5. The minimum absolute atomic E-state index is 0.726. The SMILES string of the molecule is Cc1[nH]c(-c2ccsc2)nc1-c1ccccc1Cl. The molecule has 0 saturated carbocycles. The third-order valence-electron chi connectivity index (χ3n) is 2.81. The Hall–Kier alpha value is -1.58. The van der Waals surface area contributed by atoms with Crippen molar-refractivity contribution in [2.24, 2.45) is 0 Å². The number of H-pyrrole nitrogens is 1. The number of aryl methyl sites for hydroxylation is 1. The van der Waals surface area contributed by atoms with Crippen LogP contribution < -0.4 is 0 Å². The molecule has 3 rings (SSSR count). The first-order chi connectivity index (χ1) is 8.75. The lowest BCUT2D eigenvalue weighted by atomic mass is 10.1. The number of aromatic amines is 1. The molecule has 1 N–H and O–H groups in total. The second-order valence-corrected chi connectivity index (χ2v) is 5.24. The van der Waals surface area contributed by atoms with Gasteiger partial charge in [-0.05, 0) is 24.4 Å². The van der Waals surface area contributed by atoms with E-state index < -0.39 is 0 Å². The third-order valence-corrected chi connectivity index (χ3v) is 3.82. The van der Waals surface area contributed by atoms with Crippen LogP contribution in [-0.2, 0) is 0 Å². The smallest absolute Gasteiger partial charge is 0.139 e. The Morgan fingerprint density at radius 2 is 2.06 bits per heavy atom. The molecule has 0 aliphatic heterocycles. The van der Waals surface area contributed by atoms with Gasteiger partial charge in [-0.25, -0.2) is 4.98 Å². The van der Waals surface area contributed by atoms with E-state index in [1.165, 1.54) is 0 Å². The monoisotopic (exact) mass is 274 g/mol. The van der Waals surface area contributed by atoms with Crippen LogP contribution in [0.5, 0.6) is 0 Å². The summed E-state index contributed by atoms with van der Waals surface area (Å²) in [5.41, 5.74) is 4.03. The molecule has 0 saturated heterocycles. The first-order valence-corrected chi connectivity index (χ1v) is 6.92. The van der Waals surface area contributed by atoms with Crippen LogP contribution in [0.1, 0.15) is 5.69 Å². The van der Waals surface area contributed by atoms with Crippen LogP contribution in [0.2, 0.25) is 5.02 Å². The molecule has 18 heavy (non-hydrogen) atoms. The van der Waals surface area contributed by atoms with Crippen LogP contribution in [0.25, 0.3) is 22.6 Å². The van der Waals surface area contributed by atoms with Crippen molar-refractivity contribution in [3.63, 3.8) is 0 Å². The summed E-state index contributed by atoms with van der Waals surface area (Å²) in [4.78, 5) is 7.96. The maximum absolute atomic E-state index is 6.21. The summed E-state index contributed by atoms with van der Waals surface area (Å²) >= 11 is 7.88. The topological polar surface area (TPSA) is 28.7 Å². The molecule has 90 valence electrons. The van der Waals surface area contributed by atoms with Crippen LogP contribution in [0, 0.1) is 6.92 Å². The number of imidazole rings is 1. The van der Waals surface area contributed by atoms with Crippen molar-refractivity contribution < 1.29 is 0 Å². The van der Waals surface area contributed by atoms with E-state index in [0.717, 1.165) is 33.4 Å². The highest BCUT2D eigenvalue weighted by Gasteiger charge is 2.12. The second kappa shape index (κ2) is 4.59. The summed E-state index contributed by atoms with van der Waals surface area (Å²) in [6.07, 6.45) is 0. The van der Waals surface area contributed by atoms with E-state index in [4.69, 9.17) is 11.6 Å². The third kappa shape index (κ3) is 1.96. The summed E-state index contributed by atoms with van der Waals surface area (Å²) in [6.45, 7) is 2.02. The van der Waals surface area contributed by atoms with Gasteiger partial charge in [0.05, 0.1) is 10.7 Å². The first kappa shape index (κ1) is 11.5. The molecule has 0 aliphatic rings. The number of halogens is 1. The zero-order valence-electron chi connectivity index (χ0n) is 9.77.